The number of hydrogen-bond donors (Lipinski definition) is 4. The van der Waals surface area contributed by atoms with Crippen LogP contribution < -0.4 is 22.1 Å². The minimum atomic E-state index is -3.08. The molecule has 6 N–H and O–H groups in total. The molecule has 1 aromatic carbocycles. The summed E-state index contributed by atoms with van der Waals surface area (Å²) in [7, 11) is 0. The molecule has 0 bridgehead atoms. The van der Waals surface area contributed by atoms with Gasteiger partial charge in [0.1, 0.15) is 11.6 Å². The maximum atomic E-state index is 14.5. The average Bonchev–Trinajstić information content (AvgIpc) is 2.60. The highest BCUT2D eigenvalue weighted by Gasteiger charge is 2.45. The summed E-state index contributed by atoms with van der Waals surface area (Å²) in [5.74, 6) is -6.00. The van der Waals surface area contributed by atoms with Gasteiger partial charge < -0.3 is 22.1 Å². The van der Waals surface area contributed by atoms with Crippen molar-refractivity contribution in [1.82, 2.24) is 4.98 Å². The summed E-state index contributed by atoms with van der Waals surface area (Å²) in [6, 6.07) is 2.46. The van der Waals surface area contributed by atoms with E-state index in [1.165, 1.54) is 6.07 Å². The van der Waals surface area contributed by atoms with Crippen molar-refractivity contribution in [2.45, 2.75) is 44.2 Å². The van der Waals surface area contributed by atoms with Gasteiger partial charge in [0.15, 0.2) is 11.6 Å². The Hall–Kier alpha value is -2.88. The maximum absolute atomic E-state index is 14.5. The number of carbonyl (C=O) groups is 1. The molecule has 1 heterocycles. The van der Waals surface area contributed by atoms with E-state index in [9.17, 15) is 22.4 Å². The first-order chi connectivity index (χ1) is 13.6. The Balaban J connectivity index is 1.94. The number of aryl methyl sites for hydroxylation is 1. The van der Waals surface area contributed by atoms with Crippen LogP contribution in [0.25, 0.3) is 0 Å². The molecule has 29 heavy (non-hydrogen) atoms. The third-order valence-electron chi connectivity index (χ3n) is 4.81. The second-order valence-corrected chi connectivity index (χ2v) is 7.15. The predicted octanol–water partition coefficient (Wildman–Crippen LogP) is 3.44. The van der Waals surface area contributed by atoms with E-state index in [4.69, 9.17) is 11.5 Å². The fourth-order valence-corrected chi connectivity index (χ4v) is 3.35. The number of amides is 1. The number of halogens is 4. The minimum Gasteiger partial charge on any atom is -0.365 e. The monoisotopic (exact) mass is 411 g/mol. The number of anilines is 3. The molecule has 0 radical (unpaired) electrons. The first-order valence-corrected chi connectivity index (χ1v) is 9.01. The summed E-state index contributed by atoms with van der Waals surface area (Å²) in [6.45, 7) is 1.67. The van der Waals surface area contributed by atoms with Crippen molar-refractivity contribution < 1.29 is 22.4 Å². The van der Waals surface area contributed by atoms with E-state index in [1.807, 2.05) is 0 Å². The van der Waals surface area contributed by atoms with Crippen molar-refractivity contribution in [2.75, 3.05) is 10.6 Å². The van der Waals surface area contributed by atoms with Crippen molar-refractivity contribution in [3.8, 4) is 0 Å². The molecule has 10 heteroatoms. The number of primary amides is 1. The Morgan fingerprint density at radius 2 is 1.93 bits per heavy atom. The lowest BCUT2D eigenvalue weighted by Gasteiger charge is -2.36. The standard InChI is InChI=1S/C19H21F4N5O/c1-9-5-10(20)7-11(6-9)26-17-12(16(25)29)8-13(21)18(28-17)27-14-3-2-4-19(22,23)15(14)24/h5-8,14-15H,2-4,24H2,1H3,(H2,25,29)(H2,26,27,28)/t14-,15-/m1/s1. The molecule has 0 saturated heterocycles. The molecule has 3 rings (SSSR count). The van der Waals surface area contributed by atoms with E-state index in [1.54, 1.807) is 13.0 Å². The van der Waals surface area contributed by atoms with Gasteiger partial charge in [0.2, 0.25) is 0 Å². The number of aromatic nitrogens is 1. The molecule has 1 fully saturated rings. The normalized spacial score (nSPS) is 20.9. The van der Waals surface area contributed by atoms with Crippen LogP contribution in [-0.4, -0.2) is 28.9 Å². The number of nitrogens with zero attached hydrogens (tertiary/aromatic N) is 1. The minimum absolute atomic E-state index is 0.137. The number of pyridine rings is 1. The van der Waals surface area contributed by atoms with E-state index in [0.717, 1.165) is 12.1 Å². The molecule has 156 valence electrons. The van der Waals surface area contributed by atoms with Crippen LogP contribution in [-0.2, 0) is 0 Å². The molecule has 1 amide bonds. The van der Waals surface area contributed by atoms with Crippen LogP contribution >= 0.6 is 0 Å². The third kappa shape index (κ3) is 4.58. The number of alkyl halides is 2. The lowest BCUT2D eigenvalue weighted by atomic mass is 9.87. The second kappa shape index (κ2) is 7.86. The zero-order chi connectivity index (χ0) is 21.3. The van der Waals surface area contributed by atoms with E-state index < -0.39 is 35.5 Å². The SMILES string of the molecule is Cc1cc(F)cc(Nc2nc(N[C@@H]3CCCC(F)(F)[C@@H]3N)c(F)cc2C(N)=O)c1. The molecule has 2 atom stereocenters. The Bertz CT molecular complexity index is 917. The zero-order valence-corrected chi connectivity index (χ0v) is 15.6. The van der Waals surface area contributed by atoms with Gasteiger partial charge in [0.25, 0.3) is 11.8 Å². The number of rotatable bonds is 5. The second-order valence-electron chi connectivity index (χ2n) is 7.15. The first kappa shape index (κ1) is 20.8. The fourth-order valence-electron chi connectivity index (χ4n) is 3.35. The summed E-state index contributed by atoms with van der Waals surface area (Å²) in [5, 5.41) is 5.34. The van der Waals surface area contributed by atoms with Crippen LogP contribution in [0, 0.1) is 18.6 Å². The maximum Gasteiger partial charge on any atom is 0.264 e. The number of nitrogens with one attached hydrogen (secondary N) is 2. The molecule has 0 unspecified atom stereocenters. The molecule has 6 nitrogen and oxygen atoms in total. The highest BCUT2D eigenvalue weighted by atomic mass is 19.3. The van der Waals surface area contributed by atoms with Crippen LogP contribution in [0.2, 0.25) is 0 Å². The van der Waals surface area contributed by atoms with Gasteiger partial charge in [-0.05, 0) is 49.6 Å². The molecule has 1 aromatic heterocycles. The van der Waals surface area contributed by atoms with Gasteiger partial charge in [0, 0.05) is 18.2 Å². The smallest absolute Gasteiger partial charge is 0.264 e. The predicted molar refractivity (Wildman–Crippen MR) is 101 cm³/mol. The van der Waals surface area contributed by atoms with Crippen LogP contribution in [0.5, 0.6) is 0 Å². The van der Waals surface area contributed by atoms with E-state index in [-0.39, 0.29) is 35.7 Å². The summed E-state index contributed by atoms with van der Waals surface area (Å²) in [5.41, 5.74) is 11.5. The van der Waals surface area contributed by atoms with Crippen molar-refractivity contribution in [3.05, 3.63) is 47.0 Å². The van der Waals surface area contributed by atoms with Crippen LogP contribution in [0.1, 0.15) is 35.2 Å². The molecule has 2 aromatic rings. The first-order valence-electron chi connectivity index (χ1n) is 9.01. The van der Waals surface area contributed by atoms with Crippen LogP contribution in [0.15, 0.2) is 24.3 Å². The van der Waals surface area contributed by atoms with E-state index in [2.05, 4.69) is 15.6 Å². The van der Waals surface area contributed by atoms with E-state index in [0.29, 0.717) is 12.0 Å². The Morgan fingerprint density at radius 3 is 2.59 bits per heavy atom. The summed E-state index contributed by atoms with van der Waals surface area (Å²) in [4.78, 5) is 15.7. The Kier molecular flexibility index (Phi) is 5.65. The molecule has 1 aliphatic carbocycles. The summed E-state index contributed by atoms with van der Waals surface area (Å²) < 4.78 is 55.9. The fraction of sp³-hybridized carbons (Fsp3) is 0.368. The van der Waals surface area contributed by atoms with Gasteiger partial charge in [-0.15, -0.1) is 0 Å². The molecular weight excluding hydrogens is 390 g/mol. The van der Waals surface area contributed by atoms with Crippen molar-refractivity contribution in [1.29, 1.82) is 0 Å². The Labute approximate surface area is 164 Å². The largest absolute Gasteiger partial charge is 0.365 e. The molecular formula is C19H21F4N5O. The van der Waals surface area contributed by atoms with Gasteiger partial charge in [-0.3, -0.25) is 4.79 Å². The Morgan fingerprint density at radius 1 is 1.21 bits per heavy atom. The summed E-state index contributed by atoms with van der Waals surface area (Å²) in [6.07, 6.45) is 0.183. The molecule has 0 aliphatic heterocycles. The zero-order valence-electron chi connectivity index (χ0n) is 15.6. The van der Waals surface area contributed by atoms with Gasteiger partial charge >= 0.3 is 0 Å². The molecule has 0 spiro atoms. The van der Waals surface area contributed by atoms with Gasteiger partial charge in [0.05, 0.1) is 11.6 Å². The number of benzene rings is 1. The van der Waals surface area contributed by atoms with Crippen molar-refractivity contribution in [2.24, 2.45) is 11.5 Å². The van der Waals surface area contributed by atoms with Crippen molar-refractivity contribution in [3.63, 3.8) is 0 Å². The quantitative estimate of drug-likeness (QED) is 0.564. The highest BCUT2D eigenvalue weighted by Crippen LogP contribution is 2.34. The average molecular weight is 411 g/mol. The van der Waals surface area contributed by atoms with Crippen molar-refractivity contribution >= 4 is 23.2 Å². The third-order valence-corrected chi connectivity index (χ3v) is 4.81. The van der Waals surface area contributed by atoms with Gasteiger partial charge in [-0.25, -0.2) is 22.5 Å². The molecule has 1 saturated carbocycles. The number of carbonyl (C=O) groups excluding carboxylic acids is 1. The van der Waals surface area contributed by atoms with Gasteiger partial charge in [-0.1, -0.05) is 0 Å². The van der Waals surface area contributed by atoms with Crippen LogP contribution in [0.3, 0.4) is 0 Å². The number of nitrogens with two attached hydrogens (primary N) is 2. The van der Waals surface area contributed by atoms with E-state index >= 15 is 0 Å². The topological polar surface area (TPSA) is 106 Å². The summed E-state index contributed by atoms with van der Waals surface area (Å²) >= 11 is 0. The van der Waals surface area contributed by atoms with Crippen LogP contribution in [0.4, 0.5) is 34.9 Å². The lowest BCUT2D eigenvalue weighted by Crippen LogP contribution is -2.55. The number of hydrogen-bond acceptors (Lipinski definition) is 5. The lowest BCUT2D eigenvalue weighted by molar-refractivity contribution is -0.0555. The molecule has 1 aliphatic rings. The highest BCUT2D eigenvalue weighted by molar-refractivity contribution is 5.98. The van der Waals surface area contributed by atoms with Gasteiger partial charge in [-0.2, -0.15) is 0 Å².